The molecule has 0 saturated carbocycles. The highest BCUT2D eigenvalue weighted by Crippen LogP contribution is 2.09. The Morgan fingerprint density at radius 2 is 1.85 bits per heavy atom. The Balaban J connectivity index is 1.51. The van der Waals surface area contributed by atoms with Crippen molar-refractivity contribution in [2.24, 2.45) is 4.99 Å². The molecule has 2 heterocycles. The lowest BCUT2D eigenvalue weighted by Crippen LogP contribution is -2.37. The zero-order valence-electron chi connectivity index (χ0n) is 16.1. The summed E-state index contributed by atoms with van der Waals surface area (Å²) in [7, 11) is 1.79. The minimum Gasteiger partial charge on any atom is -0.356 e. The van der Waals surface area contributed by atoms with Crippen LogP contribution in [0.5, 0.6) is 0 Å². The normalized spacial score (nSPS) is 11.4. The Kier molecular flexibility index (Phi) is 6.20. The van der Waals surface area contributed by atoms with Crippen LogP contribution in [0.4, 0.5) is 0 Å². The van der Waals surface area contributed by atoms with Crippen LogP contribution in [-0.4, -0.2) is 34.1 Å². The van der Waals surface area contributed by atoms with Gasteiger partial charge in [0, 0.05) is 38.7 Å². The summed E-state index contributed by atoms with van der Waals surface area (Å²) in [6.07, 6.45) is 8.14. The van der Waals surface area contributed by atoms with Crippen molar-refractivity contribution in [1.29, 1.82) is 0 Å². The molecule has 0 bridgehead atoms. The maximum absolute atomic E-state index is 4.38. The van der Waals surface area contributed by atoms with Gasteiger partial charge in [0.15, 0.2) is 5.96 Å². The van der Waals surface area contributed by atoms with E-state index in [4.69, 9.17) is 0 Å². The molecule has 0 aliphatic heterocycles. The van der Waals surface area contributed by atoms with Gasteiger partial charge in [-0.1, -0.05) is 29.3 Å². The van der Waals surface area contributed by atoms with Crippen LogP contribution >= 0.6 is 0 Å². The van der Waals surface area contributed by atoms with Gasteiger partial charge in [-0.25, -0.2) is 9.97 Å². The van der Waals surface area contributed by atoms with Gasteiger partial charge >= 0.3 is 0 Å². The molecule has 140 valence electrons. The van der Waals surface area contributed by atoms with E-state index in [1.807, 2.05) is 29.1 Å². The first-order valence-corrected chi connectivity index (χ1v) is 9.09. The highest BCUT2D eigenvalue weighted by molar-refractivity contribution is 5.79. The molecule has 2 aromatic heterocycles. The van der Waals surface area contributed by atoms with Crippen molar-refractivity contribution in [3.63, 3.8) is 0 Å². The summed E-state index contributed by atoms with van der Waals surface area (Å²) in [6, 6.07) is 10.7. The molecular formula is C21H26N6. The monoisotopic (exact) mass is 362 g/mol. The number of nitrogens with zero attached hydrogens (tertiary/aromatic N) is 4. The smallest absolute Gasteiger partial charge is 0.191 e. The van der Waals surface area contributed by atoms with Crippen molar-refractivity contribution < 1.29 is 0 Å². The number of pyridine rings is 1. The van der Waals surface area contributed by atoms with Crippen molar-refractivity contribution in [2.45, 2.75) is 26.8 Å². The molecule has 2 N–H and O–H groups in total. The Morgan fingerprint density at radius 1 is 1.04 bits per heavy atom. The molecule has 0 unspecified atom stereocenters. The first kappa shape index (κ1) is 18.6. The quantitative estimate of drug-likeness (QED) is 0.523. The van der Waals surface area contributed by atoms with Gasteiger partial charge in [0.1, 0.15) is 12.1 Å². The lowest BCUT2D eigenvalue weighted by molar-refractivity contribution is 0.792. The van der Waals surface area contributed by atoms with Crippen molar-refractivity contribution in [3.8, 4) is 5.82 Å². The number of aryl methyl sites for hydroxylation is 2. The second-order valence-electron chi connectivity index (χ2n) is 6.59. The van der Waals surface area contributed by atoms with Gasteiger partial charge in [0.25, 0.3) is 0 Å². The van der Waals surface area contributed by atoms with E-state index in [0.717, 1.165) is 30.3 Å². The largest absolute Gasteiger partial charge is 0.356 e. The Labute approximate surface area is 160 Å². The van der Waals surface area contributed by atoms with Gasteiger partial charge in [-0.2, -0.15) is 0 Å². The predicted octanol–water partition coefficient (Wildman–Crippen LogP) is 2.79. The summed E-state index contributed by atoms with van der Waals surface area (Å²) in [6.45, 7) is 5.78. The van der Waals surface area contributed by atoms with E-state index >= 15 is 0 Å². The van der Waals surface area contributed by atoms with Crippen LogP contribution in [-0.2, 0) is 13.0 Å². The molecule has 6 heteroatoms. The number of imidazole rings is 1. The molecule has 0 aliphatic rings. The number of guanidine groups is 1. The van der Waals surface area contributed by atoms with Crippen LogP contribution in [0.3, 0.4) is 0 Å². The summed E-state index contributed by atoms with van der Waals surface area (Å²) in [4.78, 5) is 12.7. The van der Waals surface area contributed by atoms with Gasteiger partial charge < -0.3 is 10.6 Å². The third-order valence-electron chi connectivity index (χ3n) is 4.25. The van der Waals surface area contributed by atoms with E-state index in [1.165, 1.54) is 16.7 Å². The fourth-order valence-electron chi connectivity index (χ4n) is 3.05. The van der Waals surface area contributed by atoms with Crippen molar-refractivity contribution in [1.82, 2.24) is 25.2 Å². The summed E-state index contributed by atoms with van der Waals surface area (Å²) in [5.74, 6) is 1.64. The summed E-state index contributed by atoms with van der Waals surface area (Å²) < 4.78 is 1.89. The standard InChI is InChI=1S/C21H26N6/c1-16-10-17(2)12-18(11-16)4-7-25-21(22-3)26-14-19-5-6-24-20(13-19)27-9-8-23-15-27/h5-6,8-13,15H,4,7,14H2,1-3H3,(H2,22,25,26). The van der Waals surface area contributed by atoms with Crippen LogP contribution in [0.2, 0.25) is 0 Å². The van der Waals surface area contributed by atoms with Crippen LogP contribution in [0.1, 0.15) is 22.3 Å². The summed E-state index contributed by atoms with van der Waals surface area (Å²) in [5, 5.41) is 6.73. The molecule has 27 heavy (non-hydrogen) atoms. The zero-order valence-corrected chi connectivity index (χ0v) is 16.1. The number of nitrogens with one attached hydrogen (secondary N) is 2. The average molecular weight is 362 g/mol. The highest BCUT2D eigenvalue weighted by Gasteiger charge is 2.02. The summed E-state index contributed by atoms with van der Waals surface area (Å²) >= 11 is 0. The predicted molar refractivity (Wildman–Crippen MR) is 109 cm³/mol. The van der Waals surface area contributed by atoms with Crippen LogP contribution < -0.4 is 10.6 Å². The van der Waals surface area contributed by atoms with Gasteiger partial charge in [-0.3, -0.25) is 9.56 Å². The van der Waals surface area contributed by atoms with E-state index in [-0.39, 0.29) is 0 Å². The van der Waals surface area contributed by atoms with Gasteiger partial charge in [-0.05, 0) is 43.5 Å². The fourth-order valence-corrected chi connectivity index (χ4v) is 3.05. The van der Waals surface area contributed by atoms with E-state index in [0.29, 0.717) is 6.54 Å². The molecule has 0 radical (unpaired) electrons. The highest BCUT2D eigenvalue weighted by atomic mass is 15.2. The number of benzene rings is 1. The second kappa shape index (κ2) is 8.98. The van der Waals surface area contributed by atoms with Crippen LogP contribution in [0, 0.1) is 13.8 Å². The molecule has 0 aliphatic carbocycles. The van der Waals surface area contributed by atoms with E-state index in [2.05, 4.69) is 57.6 Å². The maximum atomic E-state index is 4.38. The van der Waals surface area contributed by atoms with E-state index in [1.54, 1.807) is 19.6 Å². The Morgan fingerprint density at radius 3 is 2.56 bits per heavy atom. The first-order valence-electron chi connectivity index (χ1n) is 9.09. The van der Waals surface area contributed by atoms with Crippen molar-refractivity contribution >= 4 is 5.96 Å². The third kappa shape index (κ3) is 5.41. The Bertz CT molecular complexity index is 879. The SMILES string of the molecule is CN=C(NCCc1cc(C)cc(C)c1)NCc1ccnc(-n2ccnc2)c1. The fraction of sp³-hybridized carbons (Fsp3) is 0.286. The minimum atomic E-state index is 0.674. The molecule has 6 nitrogen and oxygen atoms in total. The van der Waals surface area contributed by atoms with Crippen LogP contribution in [0.25, 0.3) is 5.82 Å². The maximum Gasteiger partial charge on any atom is 0.191 e. The summed E-state index contributed by atoms with van der Waals surface area (Å²) in [5.41, 5.74) is 5.08. The molecule has 0 saturated heterocycles. The van der Waals surface area contributed by atoms with Gasteiger partial charge in [0.2, 0.25) is 0 Å². The number of hydrogen-bond donors (Lipinski definition) is 2. The number of aromatic nitrogens is 3. The molecule has 0 atom stereocenters. The molecule has 1 aromatic carbocycles. The lowest BCUT2D eigenvalue weighted by Gasteiger charge is -2.13. The van der Waals surface area contributed by atoms with Gasteiger partial charge in [0.05, 0.1) is 0 Å². The molecular weight excluding hydrogens is 336 g/mol. The topological polar surface area (TPSA) is 67.1 Å². The van der Waals surface area contributed by atoms with E-state index < -0.39 is 0 Å². The second-order valence-corrected chi connectivity index (χ2v) is 6.59. The Hall–Kier alpha value is -3.15. The minimum absolute atomic E-state index is 0.674. The number of rotatable bonds is 6. The van der Waals surface area contributed by atoms with Crippen molar-refractivity contribution in [3.05, 3.63) is 77.5 Å². The first-order chi connectivity index (χ1) is 13.1. The number of aliphatic imine (C=N–C) groups is 1. The van der Waals surface area contributed by atoms with Crippen LogP contribution in [0.15, 0.2) is 60.2 Å². The lowest BCUT2D eigenvalue weighted by atomic mass is 10.1. The molecule has 0 fully saturated rings. The van der Waals surface area contributed by atoms with Gasteiger partial charge in [-0.15, -0.1) is 0 Å². The average Bonchev–Trinajstić information content (AvgIpc) is 3.19. The molecule has 3 aromatic rings. The van der Waals surface area contributed by atoms with Crippen molar-refractivity contribution in [2.75, 3.05) is 13.6 Å². The molecule has 3 rings (SSSR count). The molecule has 0 spiro atoms. The van der Waals surface area contributed by atoms with E-state index in [9.17, 15) is 0 Å². The number of hydrogen-bond acceptors (Lipinski definition) is 3. The zero-order chi connectivity index (χ0) is 19.1. The third-order valence-corrected chi connectivity index (χ3v) is 4.25. The molecule has 0 amide bonds.